The number of rotatable bonds is 1. The highest BCUT2D eigenvalue weighted by Gasteiger charge is 2.10. The number of aromatic nitrogens is 1. The SMILES string of the molecule is CC1CCCNC(=Cc2ccccn2)C1. The summed E-state index contributed by atoms with van der Waals surface area (Å²) in [5.74, 6) is 0.787. The second-order valence-electron chi connectivity index (χ2n) is 4.30. The van der Waals surface area contributed by atoms with Crippen LogP contribution in [0.2, 0.25) is 0 Å². The van der Waals surface area contributed by atoms with Gasteiger partial charge in [0.15, 0.2) is 0 Å². The molecule has 2 nitrogen and oxygen atoms in total. The van der Waals surface area contributed by atoms with Crippen LogP contribution in [0.1, 0.15) is 31.9 Å². The van der Waals surface area contributed by atoms with Crippen LogP contribution in [-0.4, -0.2) is 11.5 Å². The van der Waals surface area contributed by atoms with Crippen LogP contribution in [0, 0.1) is 5.92 Å². The molecule has 0 radical (unpaired) electrons. The summed E-state index contributed by atoms with van der Waals surface area (Å²) in [5.41, 5.74) is 2.38. The maximum Gasteiger partial charge on any atom is 0.0646 e. The molecule has 0 aromatic carbocycles. The van der Waals surface area contributed by atoms with Gasteiger partial charge in [-0.1, -0.05) is 13.0 Å². The van der Waals surface area contributed by atoms with Crippen LogP contribution >= 0.6 is 0 Å². The molecule has 0 aliphatic carbocycles. The van der Waals surface area contributed by atoms with Crippen molar-refractivity contribution in [1.29, 1.82) is 0 Å². The lowest BCUT2D eigenvalue weighted by atomic mass is 10.0. The van der Waals surface area contributed by atoms with Crippen molar-refractivity contribution in [1.82, 2.24) is 10.3 Å². The van der Waals surface area contributed by atoms with E-state index in [1.165, 1.54) is 18.5 Å². The van der Waals surface area contributed by atoms with E-state index in [0.29, 0.717) is 0 Å². The summed E-state index contributed by atoms with van der Waals surface area (Å²) < 4.78 is 0. The molecule has 1 aliphatic heterocycles. The maximum absolute atomic E-state index is 4.31. The zero-order valence-electron chi connectivity index (χ0n) is 9.24. The molecule has 1 unspecified atom stereocenters. The van der Waals surface area contributed by atoms with Gasteiger partial charge in [0.05, 0.1) is 5.69 Å². The van der Waals surface area contributed by atoms with Gasteiger partial charge in [0.1, 0.15) is 0 Å². The number of allylic oxidation sites excluding steroid dienone is 1. The molecule has 0 spiro atoms. The summed E-state index contributed by atoms with van der Waals surface area (Å²) in [6, 6.07) is 6.02. The molecule has 0 amide bonds. The topological polar surface area (TPSA) is 24.9 Å². The van der Waals surface area contributed by atoms with Crippen molar-refractivity contribution < 1.29 is 0 Å². The van der Waals surface area contributed by atoms with E-state index in [1.54, 1.807) is 0 Å². The molecule has 1 atom stereocenters. The van der Waals surface area contributed by atoms with Gasteiger partial charge in [-0.15, -0.1) is 0 Å². The average molecular weight is 202 g/mol. The van der Waals surface area contributed by atoms with Crippen LogP contribution in [0.15, 0.2) is 30.1 Å². The number of hydrogen-bond donors (Lipinski definition) is 1. The second kappa shape index (κ2) is 4.96. The quantitative estimate of drug-likeness (QED) is 0.757. The van der Waals surface area contributed by atoms with Crippen molar-refractivity contribution in [3.8, 4) is 0 Å². The molecule has 1 saturated heterocycles. The molecule has 15 heavy (non-hydrogen) atoms. The summed E-state index contributed by atoms with van der Waals surface area (Å²) in [6.07, 6.45) is 7.76. The van der Waals surface area contributed by atoms with Crippen LogP contribution in [0.5, 0.6) is 0 Å². The Morgan fingerprint density at radius 2 is 2.40 bits per heavy atom. The fraction of sp³-hybridized carbons (Fsp3) is 0.462. The molecule has 2 rings (SSSR count). The van der Waals surface area contributed by atoms with Gasteiger partial charge in [0.25, 0.3) is 0 Å². The highest BCUT2D eigenvalue weighted by atomic mass is 14.9. The summed E-state index contributed by atoms with van der Waals surface area (Å²) in [5, 5.41) is 3.48. The largest absolute Gasteiger partial charge is 0.388 e. The fourth-order valence-electron chi connectivity index (χ4n) is 2.00. The predicted octanol–water partition coefficient (Wildman–Crippen LogP) is 2.83. The second-order valence-corrected chi connectivity index (χ2v) is 4.30. The molecule has 1 fully saturated rings. The third kappa shape index (κ3) is 3.08. The van der Waals surface area contributed by atoms with E-state index in [2.05, 4.69) is 23.3 Å². The van der Waals surface area contributed by atoms with Crippen LogP contribution in [-0.2, 0) is 0 Å². The Kier molecular flexibility index (Phi) is 3.38. The van der Waals surface area contributed by atoms with Crippen molar-refractivity contribution >= 4 is 6.08 Å². The summed E-state index contributed by atoms with van der Waals surface area (Å²) >= 11 is 0. The van der Waals surface area contributed by atoms with E-state index >= 15 is 0 Å². The van der Waals surface area contributed by atoms with Gasteiger partial charge in [-0.3, -0.25) is 4.98 Å². The maximum atomic E-state index is 4.31. The number of pyridine rings is 1. The zero-order valence-corrected chi connectivity index (χ0v) is 9.24. The monoisotopic (exact) mass is 202 g/mol. The van der Waals surface area contributed by atoms with Crippen LogP contribution in [0.3, 0.4) is 0 Å². The van der Waals surface area contributed by atoms with Crippen molar-refractivity contribution in [2.24, 2.45) is 5.92 Å². The van der Waals surface area contributed by atoms with Gasteiger partial charge in [-0.2, -0.15) is 0 Å². The summed E-state index contributed by atoms with van der Waals surface area (Å²) in [4.78, 5) is 4.31. The summed E-state index contributed by atoms with van der Waals surface area (Å²) in [7, 11) is 0. The minimum atomic E-state index is 0.787. The van der Waals surface area contributed by atoms with Gasteiger partial charge in [-0.05, 0) is 43.4 Å². The number of nitrogens with zero attached hydrogens (tertiary/aromatic N) is 1. The van der Waals surface area contributed by atoms with Crippen molar-refractivity contribution in [3.05, 3.63) is 35.8 Å². The first kappa shape index (κ1) is 10.2. The average Bonchev–Trinajstić information content (AvgIpc) is 2.44. The van der Waals surface area contributed by atoms with Gasteiger partial charge in [0, 0.05) is 18.4 Å². The molecule has 0 saturated carbocycles. The highest BCUT2D eigenvalue weighted by Crippen LogP contribution is 2.19. The lowest BCUT2D eigenvalue weighted by molar-refractivity contribution is 0.538. The molecular weight excluding hydrogens is 184 g/mol. The molecule has 80 valence electrons. The van der Waals surface area contributed by atoms with Gasteiger partial charge < -0.3 is 5.32 Å². The molecule has 1 aromatic heterocycles. The van der Waals surface area contributed by atoms with Crippen LogP contribution in [0.25, 0.3) is 6.08 Å². The van der Waals surface area contributed by atoms with Crippen molar-refractivity contribution in [2.45, 2.75) is 26.2 Å². The Morgan fingerprint density at radius 3 is 3.20 bits per heavy atom. The van der Waals surface area contributed by atoms with E-state index in [0.717, 1.165) is 24.6 Å². The molecule has 1 N–H and O–H groups in total. The Bertz CT molecular complexity index is 330. The zero-order chi connectivity index (χ0) is 10.5. The Morgan fingerprint density at radius 1 is 1.47 bits per heavy atom. The van der Waals surface area contributed by atoms with E-state index in [9.17, 15) is 0 Å². The lowest BCUT2D eigenvalue weighted by Gasteiger charge is -2.08. The number of hydrogen-bond acceptors (Lipinski definition) is 2. The third-order valence-corrected chi connectivity index (χ3v) is 2.80. The van der Waals surface area contributed by atoms with Crippen molar-refractivity contribution in [3.63, 3.8) is 0 Å². The van der Waals surface area contributed by atoms with Crippen LogP contribution in [0.4, 0.5) is 0 Å². The first-order valence-electron chi connectivity index (χ1n) is 5.70. The molecule has 2 heteroatoms. The van der Waals surface area contributed by atoms with E-state index in [-0.39, 0.29) is 0 Å². The predicted molar refractivity (Wildman–Crippen MR) is 63.2 cm³/mol. The highest BCUT2D eigenvalue weighted by molar-refractivity contribution is 5.48. The Hall–Kier alpha value is -1.31. The van der Waals surface area contributed by atoms with Gasteiger partial charge >= 0.3 is 0 Å². The number of nitrogens with one attached hydrogen (secondary N) is 1. The standard InChI is InChI=1S/C13H18N2/c1-11-5-4-8-15-13(9-11)10-12-6-2-3-7-14-12/h2-3,6-7,10-11,15H,4-5,8-9H2,1H3. The minimum absolute atomic E-state index is 0.787. The van der Waals surface area contributed by atoms with Crippen molar-refractivity contribution in [2.75, 3.05) is 6.54 Å². The molecule has 1 aliphatic rings. The van der Waals surface area contributed by atoms with E-state index in [4.69, 9.17) is 0 Å². The van der Waals surface area contributed by atoms with E-state index in [1.807, 2.05) is 24.4 Å². The first-order valence-corrected chi connectivity index (χ1v) is 5.70. The Balaban J connectivity index is 2.11. The smallest absolute Gasteiger partial charge is 0.0646 e. The lowest BCUT2D eigenvalue weighted by Crippen LogP contribution is -2.12. The third-order valence-electron chi connectivity index (χ3n) is 2.80. The fourth-order valence-corrected chi connectivity index (χ4v) is 2.00. The molecular formula is C13H18N2. The minimum Gasteiger partial charge on any atom is -0.388 e. The van der Waals surface area contributed by atoms with Gasteiger partial charge in [0.2, 0.25) is 0 Å². The van der Waals surface area contributed by atoms with Gasteiger partial charge in [-0.25, -0.2) is 0 Å². The Labute approximate surface area is 91.4 Å². The molecule has 1 aromatic rings. The molecule has 0 bridgehead atoms. The van der Waals surface area contributed by atoms with Crippen LogP contribution < -0.4 is 5.32 Å². The summed E-state index contributed by atoms with van der Waals surface area (Å²) in [6.45, 7) is 3.42. The molecule has 2 heterocycles. The normalized spacial score (nSPS) is 24.6. The first-order chi connectivity index (χ1) is 7.34. The van der Waals surface area contributed by atoms with E-state index < -0.39 is 0 Å².